The van der Waals surface area contributed by atoms with Crippen LogP contribution in [0.15, 0.2) is 53.3 Å². The van der Waals surface area contributed by atoms with Crippen LogP contribution in [0.3, 0.4) is 0 Å². The molecule has 8 nitrogen and oxygen atoms in total. The number of methoxy groups -OCH3 is 1. The molecule has 0 saturated carbocycles. The number of aryl methyl sites for hydroxylation is 1. The van der Waals surface area contributed by atoms with E-state index in [4.69, 9.17) is 9.15 Å². The summed E-state index contributed by atoms with van der Waals surface area (Å²) in [5.74, 6) is -0.579. The fourth-order valence-corrected chi connectivity index (χ4v) is 2.89. The van der Waals surface area contributed by atoms with Crippen LogP contribution in [0.1, 0.15) is 27.7 Å². The average Bonchev–Trinajstić information content (AvgIpc) is 3.35. The van der Waals surface area contributed by atoms with Crippen molar-refractivity contribution in [1.82, 2.24) is 20.0 Å². The molecule has 0 aliphatic rings. The molecule has 8 heteroatoms. The lowest BCUT2D eigenvalue weighted by Crippen LogP contribution is -2.08. The Bertz CT molecular complexity index is 1110. The van der Waals surface area contributed by atoms with Gasteiger partial charge in [0.05, 0.1) is 19.6 Å². The summed E-state index contributed by atoms with van der Waals surface area (Å²) in [5.41, 5.74) is 3.71. The van der Waals surface area contributed by atoms with Gasteiger partial charge in [0.15, 0.2) is 5.58 Å². The fraction of sp³-hybridized carbons (Fsp3) is 0.158. The van der Waals surface area contributed by atoms with E-state index in [0.29, 0.717) is 22.2 Å². The zero-order chi connectivity index (χ0) is 19.0. The first-order chi connectivity index (χ1) is 13.1. The van der Waals surface area contributed by atoms with Crippen molar-refractivity contribution >= 4 is 17.1 Å². The number of pyridine rings is 1. The van der Waals surface area contributed by atoms with Gasteiger partial charge < -0.3 is 14.3 Å². The normalized spacial score (nSPS) is 12.3. The summed E-state index contributed by atoms with van der Waals surface area (Å²) < 4.78 is 11.8. The van der Waals surface area contributed by atoms with E-state index in [0.717, 1.165) is 11.3 Å². The van der Waals surface area contributed by atoms with Crippen molar-refractivity contribution < 1.29 is 19.1 Å². The summed E-state index contributed by atoms with van der Waals surface area (Å²) in [6, 6.07) is 10.4. The predicted molar refractivity (Wildman–Crippen MR) is 95.8 cm³/mol. The highest BCUT2D eigenvalue weighted by Gasteiger charge is 2.21. The zero-order valence-corrected chi connectivity index (χ0v) is 14.7. The molecule has 0 aliphatic carbocycles. The van der Waals surface area contributed by atoms with Crippen molar-refractivity contribution in [3.63, 3.8) is 0 Å². The number of hydrogen-bond acceptors (Lipinski definition) is 7. The molecule has 1 unspecified atom stereocenters. The predicted octanol–water partition coefficient (Wildman–Crippen LogP) is 2.49. The third-order valence-electron chi connectivity index (χ3n) is 4.25. The highest BCUT2D eigenvalue weighted by molar-refractivity contribution is 5.91. The van der Waals surface area contributed by atoms with Gasteiger partial charge in [-0.1, -0.05) is 29.5 Å². The van der Waals surface area contributed by atoms with Crippen molar-refractivity contribution in [2.75, 3.05) is 7.11 Å². The molecular formula is C19H16N4O4. The highest BCUT2D eigenvalue weighted by atomic mass is 16.5. The molecule has 3 heterocycles. The van der Waals surface area contributed by atoms with Crippen LogP contribution in [-0.4, -0.2) is 38.2 Å². The van der Waals surface area contributed by atoms with Crippen molar-refractivity contribution in [2.24, 2.45) is 7.05 Å². The lowest BCUT2D eigenvalue weighted by atomic mass is 9.99. The molecule has 1 atom stereocenters. The topological polar surface area (TPSA) is 103 Å². The standard InChI is InChI=1S/C19H16N4O4/c1-23-10-16(21-22-23)11-3-5-12(6-4-11)17(24)13-9-15(19(25)26-2)20-14-7-8-27-18(13)14/h3-10,17,24H,1-2H3. The fourth-order valence-electron chi connectivity index (χ4n) is 2.89. The SMILES string of the molecule is COC(=O)c1cc(C(O)c2ccc(-c3cn(C)nn3)cc2)c2occc2n1. The van der Waals surface area contributed by atoms with E-state index < -0.39 is 12.1 Å². The Labute approximate surface area is 154 Å². The van der Waals surface area contributed by atoms with Gasteiger partial charge in [-0.05, 0) is 11.6 Å². The van der Waals surface area contributed by atoms with Gasteiger partial charge in [-0.25, -0.2) is 9.78 Å². The van der Waals surface area contributed by atoms with E-state index in [1.807, 2.05) is 18.3 Å². The van der Waals surface area contributed by atoms with Crippen LogP contribution >= 0.6 is 0 Å². The van der Waals surface area contributed by atoms with Crippen LogP contribution < -0.4 is 0 Å². The first-order valence-corrected chi connectivity index (χ1v) is 8.18. The summed E-state index contributed by atoms with van der Waals surface area (Å²) in [4.78, 5) is 16.1. The van der Waals surface area contributed by atoms with Crippen LogP contribution in [0, 0.1) is 0 Å². The van der Waals surface area contributed by atoms with Crippen LogP contribution in [0.2, 0.25) is 0 Å². The molecule has 3 aromatic heterocycles. The zero-order valence-electron chi connectivity index (χ0n) is 14.7. The highest BCUT2D eigenvalue weighted by Crippen LogP contribution is 2.30. The maximum absolute atomic E-state index is 11.9. The van der Waals surface area contributed by atoms with Gasteiger partial charge in [0, 0.05) is 24.2 Å². The molecule has 0 aliphatic heterocycles. The number of hydrogen-bond donors (Lipinski definition) is 1. The lowest BCUT2D eigenvalue weighted by Gasteiger charge is -2.13. The number of benzene rings is 1. The Hall–Kier alpha value is -3.52. The molecule has 0 fully saturated rings. The summed E-state index contributed by atoms with van der Waals surface area (Å²) in [6.07, 6.45) is 2.27. The van der Waals surface area contributed by atoms with Crippen molar-refractivity contribution in [2.45, 2.75) is 6.10 Å². The molecule has 0 radical (unpaired) electrons. The number of aliphatic hydroxyl groups excluding tert-OH is 1. The minimum atomic E-state index is -0.999. The maximum atomic E-state index is 11.9. The molecular weight excluding hydrogens is 348 g/mol. The van der Waals surface area contributed by atoms with Gasteiger partial charge in [-0.15, -0.1) is 5.10 Å². The second-order valence-electron chi connectivity index (χ2n) is 6.03. The molecule has 4 aromatic rings. The van der Waals surface area contributed by atoms with Gasteiger partial charge in [-0.3, -0.25) is 4.68 Å². The molecule has 27 heavy (non-hydrogen) atoms. The first-order valence-electron chi connectivity index (χ1n) is 8.18. The number of aromatic nitrogens is 4. The number of carbonyl (C=O) groups excluding carboxylic acids is 1. The molecule has 0 bridgehead atoms. The number of fused-ring (bicyclic) bond motifs is 1. The second kappa shape index (κ2) is 6.65. The third-order valence-corrected chi connectivity index (χ3v) is 4.25. The smallest absolute Gasteiger partial charge is 0.356 e. The summed E-state index contributed by atoms with van der Waals surface area (Å²) in [6.45, 7) is 0. The number of nitrogens with zero attached hydrogens (tertiary/aromatic N) is 4. The Kier molecular flexibility index (Phi) is 4.17. The second-order valence-corrected chi connectivity index (χ2v) is 6.03. The number of rotatable bonds is 4. The largest absolute Gasteiger partial charge is 0.464 e. The van der Waals surface area contributed by atoms with Crippen molar-refractivity contribution in [1.29, 1.82) is 0 Å². The number of aliphatic hydroxyl groups is 1. The Morgan fingerprint density at radius 1 is 1.26 bits per heavy atom. The summed E-state index contributed by atoms with van der Waals surface area (Å²) >= 11 is 0. The maximum Gasteiger partial charge on any atom is 0.356 e. The Morgan fingerprint density at radius 2 is 2.04 bits per heavy atom. The van der Waals surface area contributed by atoms with E-state index >= 15 is 0 Å². The molecule has 1 aromatic carbocycles. The molecule has 1 N–H and O–H groups in total. The van der Waals surface area contributed by atoms with E-state index in [1.54, 1.807) is 29.9 Å². The van der Waals surface area contributed by atoms with E-state index in [-0.39, 0.29) is 5.69 Å². The van der Waals surface area contributed by atoms with Gasteiger partial charge in [0.25, 0.3) is 0 Å². The van der Waals surface area contributed by atoms with E-state index in [1.165, 1.54) is 19.4 Å². The average molecular weight is 364 g/mol. The number of carbonyl (C=O) groups is 1. The first kappa shape index (κ1) is 16.9. The minimum absolute atomic E-state index is 0.108. The molecule has 4 rings (SSSR count). The van der Waals surface area contributed by atoms with Crippen LogP contribution in [0.25, 0.3) is 22.4 Å². The van der Waals surface area contributed by atoms with E-state index in [2.05, 4.69) is 15.3 Å². The van der Waals surface area contributed by atoms with Crippen LogP contribution in [0.5, 0.6) is 0 Å². The molecule has 0 spiro atoms. The lowest BCUT2D eigenvalue weighted by molar-refractivity contribution is 0.0594. The quantitative estimate of drug-likeness (QED) is 0.555. The van der Waals surface area contributed by atoms with Crippen LogP contribution in [0.4, 0.5) is 0 Å². The van der Waals surface area contributed by atoms with Crippen LogP contribution in [-0.2, 0) is 11.8 Å². The Morgan fingerprint density at radius 3 is 2.70 bits per heavy atom. The number of esters is 1. The molecule has 136 valence electrons. The summed E-state index contributed by atoms with van der Waals surface area (Å²) in [7, 11) is 3.08. The van der Waals surface area contributed by atoms with Crippen molar-refractivity contribution in [3.8, 4) is 11.3 Å². The Balaban J connectivity index is 1.73. The molecule has 0 saturated heterocycles. The third kappa shape index (κ3) is 3.06. The molecule has 0 amide bonds. The number of ether oxygens (including phenoxy) is 1. The van der Waals surface area contributed by atoms with E-state index in [9.17, 15) is 9.90 Å². The van der Waals surface area contributed by atoms with Gasteiger partial charge >= 0.3 is 5.97 Å². The van der Waals surface area contributed by atoms with Crippen molar-refractivity contribution in [3.05, 3.63) is 65.7 Å². The van der Waals surface area contributed by atoms with Gasteiger partial charge in [0.2, 0.25) is 0 Å². The monoisotopic (exact) mass is 364 g/mol. The number of furan rings is 1. The summed E-state index contributed by atoms with van der Waals surface area (Å²) in [5, 5.41) is 18.9. The van der Waals surface area contributed by atoms with Gasteiger partial charge in [0.1, 0.15) is 23.0 Å². The minimum Gasteiger partial charge on any atom is -0.464 e. The van der Waals surface area contributed by atoms with Gasteiger partial charge in [-0.2, -0.15) is 0 Å².